The van der Waals surface area contributed by atoms with Gasteiger partial charge in [0.25, 0.3) is 0 Å². The maximum atomic E-state index is 16.4. The molecule has 0 aliphatic carbocycles. The van der Waals surface area contributed by atoms with Crippen LogP contribution in [0.5, 0.6) is 6.01 Å². The van der Waals surface area contributed by atoms with Crippen LogP contribution in [0.15, 0.2) is 42.6 Å². The molecular weight excluding hydrogens is 512 g/mol. The van der Waals surface area contributed by atoms with Crippen molar-refractivity contribution in [2.24, 2.45) is 0 Å². The van der Waals surface area contributed by atoms with Crippen molar-refractivity contribution >= 4 is 27.5 Å². The first-order valence-electron chi connectivity index (χ1n) is 14.4. The topological polar surface area (TPSA) is 74.6 Å². The molecule has 3 aliphatic heterocycles. The summed E-state index contributed by atoms with van der Waals surface area (Å²) in [5, 5.41) is 11.7. The standard InChI is InChI=1S/C31H33F2N5O2/c32-24-10-2-7-20-6-1-9-22(25(20)24)27-26(33)28-23(18-34-27)29(37-14-3-8-21(39)11-17-37)36-30(35-28)40-19-31-12-4-15-38(31)16-5-13-31/h1-2,6-7,9-10,18,21,39H,3-5,8,11-17,19H2. The Morgan fingerprint density at radius 1 is 0.950 bits per heavy atom. The summed E-state index contributed by atoms with van der Waals surface area (Å²) in [6, 6.07) is 10.2. The van der Waals surface area contributed by atoms with Crippen molar-refractivity contribution in [3.8, 4) is 17.3 Å². The minimum Gasteiger partial charge on any atom is -0.461 e. The molecule has 1 atom stereocenters. The molecule has 208 valence electrons. The van der Waals surface area contributed by atoms with E-state index in [4.69, 9.17) is 9.72 Å². The van der Waals surface area contributed by atoms with Gasteiger partial charge in [0.2, 0.25) is 0 Å². The van der Waals surface area contributed by atoms with Crippen LogP contribution < -0.4 is 9.64 Å². The van der Waals surface area contributed by atoms with Crippen LogP contribution in [0.25, 0.3) is 32.9 Å². The minimum atomic E-state index is -0.627. The molecule has 3 saturated heterocycles. The fraction of sp³-hybridized carbons (Fsp3) is 0.452. The van der Waals surface area contributed by atoms with E-state index in [1.807, 2.05) is 0 Å². The molecule has 7 nitrogen and oxygen atoms in total. The zero-order valence-electron chi connectivity index (χ0n) is 22.5. The third-order valence-electron chi connectivity index (χ3n) is 9.03. The number of aliphatic hydroxyl groups is 1. The first-order valence-corrected chi connectivity index (χ1v) is 14.4. The number of halogens is 2. The van der Waals surface area contributed by atoms with E-state index in [9.17, 15) is 9.50 Å². The highest BCUT2D eigenvalue weighted by atomic mass is 19.1. The van der Waals surface area contributed by atoms with E-state index in [0.29, 0.717) is 60.1 Å². The molecule has 2 aromatic carbocycles. The average Bonchev–Trinajstić information content (AvgIpc) is 3.47. The van der Waals surface area contributed by atoms with Crippen LogP contribution in [-0.4, -0.2) is 69.4 Å². The van der Waals surface area contributed by atoms with Gasteiger partial charge in [0.1, 0.15) is 29.5 Å². The van der Waals surface area contributed by atoms with E-state index in [1.54, 1.807) is 36.5 Å². The zero-order valence-corrected chi connectivity index (χ0v) is 22.5. The molecule has 7 rings (SSSR count). The number of anilines is 1. The van der Waals surface area contributed by atoms with Gasteiger partial charge >= 0.3 is 6.01 Å². The molecule has 1 N–H and O–H groups in total. The molecular formula is C31H33F2N5O2. The van der Waals surface area contributed by atoms with Gasteiger partial charge in [0.15, 0.2) is 5.82 Å². The van der Waals surface area contributed by atoms with E-state index >= 15 is 4.39 Å². The molecule has 2 aromatic heterocycles. The van der Waals surface area contributed by atoms with Crippen LogP contribution in [0.1, 0.15) is 44.9 Å². The van der Waals surface area contributed by atoms with E-state index in [2.05, 4.69) is 19.8 Å². The number of fused-ring (bicyclic) bond motifs is 3. The lowest BCUT2D eigenvalue weighted by Crippen LogP contribution is -2.43. The number of ether oxygens (including phenoxy) is 1. The van der Waals surface area contributed by atoms with E-state index in [1.165, 1.54) is 6.07 Å². The number of rotatable bonds is 5. The van der Waals surface area contributed by atoms with Crippen molar-refractivity contribution < 1.29 is 18.6 Å². The summed E-state index contributed by atoms with van der Waals surface area (Å²) in [4.78, 5) is 18.5. The van der Waals surface area contributed by atoms with E-state index < -0.39 is 11.6 Å². The quantitative estimate of drug-likeness (QED) is 0.356. The van der Waals surface area contributed by atoms with Crippen LogP contribution in [0.3, 0.4) is 0 Å². The lowest BCUT2D eigenvalue weighted by atomic mass is 9.95. The number of benzene rings is 2. The van der Waals surface area contributed by atoms with Crippen LogP contribution in [0.4, 0.5) is 14.6 Å². The van der Waals surface area contributed by atoms with Gasteiger partial charge in [0, 0.05) is 30.2 Å². The van der Waals surface area contributed by atoms with Gasteiger partial charge < -0.3 is 14.7 Å². The molecule has 5 heterocycles. The maximum absolute atomic E-state index is 16.4. The Bertz CT molecular complexity index is 1570. The predicted molar refractivity (Wildman–Crippen MR) is 151 cm³/mol. The SMILES string of the molecule is OC1CCCN(c2nc(OCC34CCCN3CCC4)nc3c(F)c(-c4cccc5cccc(F)c45)ncc23)CC1. The Hall–Kier alpha value is -3.43. The number of pyridine rings is 1. The molecule has 0 amide bonds. The Labute approximate surface area is 231 Å². The predicted octanol–water partition coefficient (Wildman–Crippen LogP) is 5.48. The van der Waals surface area contributed by atoms with Crippen molar-refractivity contribution in [2.45, 2.75) is 56.6 Å². The second-order valence-electron chi connectivity index (χ2n) is 11.4. The fourth-order valence-electron chi connectivity index (χ4n) is 6.96. The number of nitrogens with zero attached hydrogens (tertiary/aromatic N) is 5. The molecule has 1 unspecified atom stereocenters. The second kappa shape index (κ2) is 10.2. The minimum absolute atomic E-state index is 0.00633. The second-order valence-corrected chi connectivity index (χ2v) is 11.4. The van der Waals surface area contributed by atoms with Crippen LogP contribution in [0.2, 0.25) is 0 Å². The Kier molecular flexibility index (Phi) is 6.51. The molecule has 0 spiro atoms. The highest BCUT2D eigenvalue weighted by Gasteiger charge is 2.45. The van der Waals surface area contributed by atoms with E-state index in [-0.39, 0.29) is 28.9 Å². The van der Waals surface area contributed by atoms with Gasteiger partial charge in [-0.3, -0.25) is 9.88 Å². The summed E-state index contributed by atoms with van der Waals surface area (Å²) in [6.07, 6.45) is 7.77. The maximum Gasteiger partial charge on any atom is 0.319 e. The first-order chi connectivity index (χ1) is 19.5. The molecule has 0 radical (unpaired) electrons. The Balaban J connectivity index is 1.35. The Morgan fingerprint density at radius 3 is 2.58 bits per heavy atom. The van der Waals surface area contributed by atoms with Gasteiger partial charge in [-0.25, -0.2) is 8.78 Å². The van der Waals surface area contributed by atoms with Crippen molar-refractivity contribution in [3.63, 3.8) is 0 Å². The van der Waals surface area contributed by atoms with Crippen molar-refractivity contribution in [3.05, 3.63) is 54.2 Å². The van der Waals surface area contributed by atoms with Gasteiger partial charge in [-0.15, -0.1) is 0 Å². The molecule has 40 heavy (non-hydrogen) atoms. The molecule has 0 bridgehead atoms. The summed E-state index contributed by atoms with van der Waals surface area (Å²) in [5.41, 5.74) is 0.520. The highest BCUT2D eigenvalue weighted by Crippen LogP contribution is 2.40. The monoisotopic (exact) mass is 545 g/mol. The zero-order chi connectivity index (χ0) is 27.3. The smallest absolute Gasteiger partial charge is 0.319 e. The molecule has 3 fully saturated rings. The van der Waals surface area contributed by atoms with E-state index in [0.717, 1.165) is 45.2 Å². The molecule has 9 heteroatoms. The van der Waals surface area contributed by atoms with Gasteiger partial charge in [-0.2, -0.15) is 9.97 Å². The van der Waals surface area contributed by atoms with Crippen molar-refractivity contribution in [1.82, 2.24) is 19.9 Å². The third kappa shape index (κ3) is 4.36. The summed E-state index contributed by atoms with van der Waals surface area (Å²) in [7, 11) is 0. The Morgan fingerprint density at radius 2 is 1.75 bits per heavy atom. The largest absolute Gasteiger partial charge is 0.461 e. The lowest BCUT2D eigenvalue weighted by Gasteiger charge is -2.31. The number of hydrogen-bond donors (Lipinski definition) is 1. The van der Waals surface area contributed by atoms with Crippen LogP contribution in [0, 0.1) is 11.6 Å². The normalized spacial score (nSPS) is 21.2. The van der Waals surface area contributed by atoms with Crippen LogP contribution in [-0.2, 0) is 0 Å². The number of aliphatic hydroxyl groups excluding tert-OH is 1. The fourth-order valence-corrected chi connectivity index (χ4v) is 6.96. The van der Waals surface area contributed by atoms with Crippen LogP contribution >= 0.6 is 0 Å². The third-order valence-corrected chi connectivity index (χ3v) is 9.03. The van der Waals surface area contributed by atoms with Gasteiger partial charge in [0.05, 0.1) is 17.0 Å². The summed E-state index contributed by atoms with van der Waals surface area (Å²) in [5.74, 6) is -0.497. The van der Waals surface area contributed by atoms with Gasteiger partial charge in [-0.1, -0.05) is 30.3 Å². The van der Waals surface area contributed by atoms with Gasteiger partial charge in [-0.05, 0) is 69.5 Å². The first kappa shape index (κ1) is 25.5. The molecule has 3 aliphatic rings. The van der Waals surface area contributed by atoms with Crippen molar-refractivity contribution in [2.75, 3.05) is 37.7 Å². The average molecular weight is 546 g/mol. The molecule has 0 saturated carbocycles. The summed E-state index contributed by atoms with van der Waals surface area (Å²) >= 11 is 0. The number of aromatic nitrogens is 3. The molecule has 4 aromatic rings. The summed E-state index contributed by atoms with van der Waals surface area (Å²) < 4.78 is 37.7. The summed E-state index contributed by atoms with van der Waals surface area (Å²) in [6.45, 7) is 3.88. The van der Waals surface area contributed by atoms with Crippen molar-refractivity contribution in [1.29, 1.82) is 0 Å². The highest BCUT2D eigenvalue weighted by molar-refractivity contribution is 5.99. The number of hydrogen-bond acceptors (Lipinski definition) is 7. The lowest BCUT2D eigenvalue weighted by molar-refractivity contribution is 0.108.